The Morgan fingerprint density at radius 2 is 1.29 bits per heavy atom. The van der Waals surface area contributed by atoms with E-state index < -0.39 is 0 Å². The molecule has 3 aliphatic rings. The Labute approximate surface area is 282 Å². The summed E-state index contributed by atoms with van der Waals surface area (Å²) in [4.78, 5) is 10.2. The van der Waals surface area contributed by atoms with Crippen molar-refractivity contribution >= 4 is 58.0 Å². The Morgan fingerprint density at radius 3 is 2.00 bits per heavy atom. The van der Waals surface area contributed by atoms with Crippen molar-refractivity contribution < 1.29 is 0 Å². The maximum Gasteiger partial charge on any atom is 0.0726 e. The first-order valence-electron chi connectivity index (χ1n) is 17.3. The number of aromatic nitrogens is 2. The van der Waals surface area contributed by atoms with Crippen molar-refractivity contribution in [3.63, 3.8) is 0 Å². The van der Waals surface area contributed by atoms with Crippen molar-refractivity contribution in [2.45, 2.75) is 103 Å². The first kappa shape index (κ1) is 33.5. The van der Waals surface area contributed by atoms with Gasteiger partial charge in [-0.15, -0.1) is 24.8 Å². The number of rotatable bonds is 12. The molecule has 240 valence electrons. The molecule has 0 spiro atoms. The fourth-order valence-corrected chi connectivity index (χ4v) is 8.13. The van der Waals surface area contributed by atoms with Crippen molar-refractivity contribution in [2.75, 3.05) is 23.7 Å². The maximum atomic E-state index is 5.18. The van der Waals surface area contributed by atoms with E-state index in [2.05, 4.69) is 72.2 Å². The number of hydrogen-bond donors (Lipinski definition) is 2. The van der Waals surface area contributed by atoms with Gasteiger partial charge in [0, 0.05) is 52.2 Å². The number of unbranched alkanes of at least 4 members (excludes halogenated alkanes) is 5. The molecule has 6 heteroatoms. The van der Waals surface area contributed by atoms with Gasteiger partial charge in [0.2, 0.25) is 0 Å². The molecular formula is C39H50Cl2N4. The lowest BCUT2D eigenvalue weighted by atomic mass is 9.70. The van der Waals surface area contributed by atoms with E-state index in [1.807, 2.05) is 0 Å². The van der Waals surface area contributed by atoms with Gasteiger partial charge in [-0.05, 0) is 93.7 Å². The SMILES string of the molecule is CCC1=CC2Cc3nc4ccccc4c(NCCCCCCCCNc4c5c(nc6ccccc46)CCCC5)c3C(C1)C2.Cl.Cl. The quantitative estimate of drug-likeness (QED) is 0.119. The number of aryl methyl sites for hydroxylation is 1. The highest BCUT2D eigenvalue weighted by molar-refractivity contribution is 5.94. The zero-order chi connectivity index (χ0) is 29.0. The molecule has 2 heterocycles. The van der Waals surface area contributed by atoms with E-state index in [4.69, 9.17) is 9.97 Å². The molecule has 2 aromatic carbocycles. The molecule has 2 aromatic heterocycles. The summed E-state index contributed by atoms with van der Waals surface area (Å²) in [5, 5.41) is 10.4. The highest BCUT2D eigenvalue weighted by Crippen LogP contribution is 2.48. The summed E-state index contributed by atoms with van der Waals surface area (Å²) >= 11 is 0. The molecule has 3 aliphatic carbocycles. The summed E-state index contributed by atoms with van der Waals surface area (Å²) in [5.74, 6) is 1.30. The first-order valence-corrected chi connectivity index (χ1v) is 17.3. The molecule has 0 saturated heterocycles. The number of allylic oxidation sites excluding steroid dienone is 2. The van der Waals surface area contributed by atoms with Crippen molar-refractivity contribution in [3.8, 4) is 0 Å². The molecule has 4 nitrogen and oxygen atoms in total. The molecule has 2 atom stereocenters. The summed E-state index contributed by atoms with van der Waals surface area (Å²) in [6.45, 7) is 4.42. The normalized spacial score (nSPS) is 18.3. The molecule has 0 saturated carbocycles. The van der Waals surface area contributed by atoms with Crippen LogP contribution in [0, 0.1) is 5.92 Å². The lowest BCUT2D eigenvalue weighted by Gasteiger charge is -2.36. The number of pyridine rings is 2. The van der Waals surface area contributed by atoms with Crippen LogP contribution in [0.25, 0.3) is 21.8 Å². The Balaban J connectivity index is 0.00000200. The Bertz CT molecular complexity index is 1630. The number of hydrogen-bond acceptors (Lipinski definition) is 4. The lowest BCUT2D eigenvalue weighted by molar-refractivity contribution is 0.429. The maximum absolute atomic E-state index is 5.18. The Hall–Kier alpha value is -2.82. The monoisotopic (exact) mass is 644 g/mol. The number of fused-ring (bicyclic) bond motifs is 7. The minimum absolute atomic E-state index is 0. The minimum Gasteiger partial charge on any atom is -0.384 e. The summed E-state index contributed by atoms with van der Waals surface area (Å²) in [6.07, 6.45) is 19.9. The molecular weight excluding hydrogens is 595 g/mol. The molecule has 0 radical (unpaired) electrons. The van der Waals surface area contributed by atoms with Gasteiger partial charge < -0.3 is 10.6 Å². The van der Waals surface area contributed by atoms with Crippen LogP contribution in [0.15, 0.2) is 60.2 Å². The van der Waals surface area contributed by atoms with Crippen molar-refractivity contribution in [2.24, 2.45) is 5.92 Å². The van der Waals surface area contributed by atoms with Gasteiger partial charge >= 0.3 is 0 Å². The second-order valence-corrected chi connectivity index (χ2v) is 13.3. The molecule has 0 fully saturated rings. The van der Waals surface area contributed by atoms with Gasteiger partial charge in [-0.25, -0.2) is 0 Å². The third kappa shape index (κ3) is 7.28. The van der Waals surface area contributed by atoms with Gasteiger partial charge in [-0.2, -0.15) is 0 Å². The average molecular weight is 646 g/mol. The predicted molar refractivity (Wildman–Crippen MR) is 197 cm³/mol. The number of halogens is 2. The van der Waals surface area contributed by atoms with Crippen LogP contribution in [0.3, 0.4) is 0 Å². The van der Waals surface area contributed by atoms with Crippen LogP contribution in [0.2, 0.25) is 0 Å². The lowest BCUT2D eigenvalue weighted by Crippen LogP contribution is -2.25. The van der Waals surface area contributed by atoms with Gasteiger partial charge in [0.15, 0.2) is 0 Å². The van der Waals surface area contributed by atoms with Crippen molar-refractivity contribution in [1.82, 2.24) is 9.97 Å². The van der Waals surface area contributed by atoms with E-state index in [-0.39, 0.29) is 24.8 Å². The molecule has 7 rings (SSSR count). The molecule has 0 aliphatic heterocycles. The average Bonchev–Trinajstić information content (AvgIpc) is 3.04. The highest BCUT2D eigenvalue weighted by Gasteiger charge is 2.33. The van der Waals surface area contributed by atoms with Crippen LogP contribution in [0.4, 0.5) is 11.4 Å². The van der Waals surface area contributed by atoms with Gasteiger partial charge in [-0.3, -0.25) is 9.97 Å². The smallest absolute Gasteiger partial charge is 0.0726 e. The number of benzene rings is 2. The van der Waals surface area contributed by atoms with E-state index in [1.165, 1.54) is 122 Å². The zero-order valence-electron chi connectivity index (χ0n) is 26.9. The summed E-state index contributed by atoms with van der Waals surface area (Å²) in [6, 6.07) is 17.4. The van der Waals surface area contributed by atoms with Gasteiger partial charge in [0.25, 0.3) is 0 Å². The van der Waals surface area contributed by atoms with E-state index in [0.717, 1.165) is 37.0 Å². The van der Waals surface area contributed by atoms with Gasteiger partial charge in [0.1, 0.15) is 0 Å². The molecule has 4 aromatic rings. The second-order valence-electron chi connectivity index (χ2n) is 13.3. The molecule has 45 heavy (non-hydrogen) atoms. The fourth-order valence-electron chi connectivity index (χ4n) is 8.13. The zero-order valence-corrected chi connectivity index (χ0v) is 28.5. The summed E-state index contributed by atoms with van der Waals surface area (Å²) < 4.78 is 0. The Morgan fingerprint density at radius 1 is 0.689 bits per heavy atom. The number of nitrogens with zero attached hydrogens (tertiary/aromatic N) is 2. The van der Waals surface area contributed by atoms with Gasteiger partial charge in [0.05, 0.1) is 11.0 Å². The Kier molecular flexibility index (Phi) is 11.7. The molecule has 2 unspecified atom stereocenters. The van der Waals surface area contributed by atoms with E-state index in [9.17, 15) is 0 Å². The standard InChI is InChI=1S/C39H48N4.2ClH/c1-2-27-23-28-25-29(24-27)37-36(26-28)43-35-20-12-9-17-32(35)39(37)41-22-14-6-4-3-5-13-21-40-38-30-15-7-10-18-33(30)42-34-19-11-8-16-31(34)38;;/h7,9-10,12,15,17-18,20,23,28-29H,2-6,8,11,13-14,16,19,21-22,24-26H2,1H3,(H,40,42)(H,41,43);2*1H. The highest BCUT2D eigenvalue weighted by atomic mass is 35.5. The second kappa shape index (κ2) is 15.6. The summed E-state index contributed by atoms with van der Waals surface area (Å²) in [5.41, 5.74) is 12.4. The third-order valence-corrected chi connectivity index (χ3v) is 10.3. The van der Waals surface area contributed by atoms with Crippen LogP contribution >= 0.6 is 24.8 Å². The number of anilines is 2. The fraction of sp³-hybridized carbons (Fsp3) is 0.487. The van der Waals surface area contributed by atoms with Crippen LogP contribution in [-0.2, 0) is 19.3 Å². The van der Waals surface area contributed by atoms with Crippen LogP contribution in [0.1, 0.15) is 106 Å². The number of nitrogens with one attached hydrogen (secondary N) is 2. The molecule has 2 N–H and O–H groups in total. The molecule has 2 bridgehead atoms. The van der Waals surface area contributed by atoms with Crippen molar-refractivity contribution in [3.05, 3.63) is 82.7 Å². The third-order valence-electron chi connectivity index (χ3n) is 10.3. The minimum atomic E-state index is 0. The van der Waals surface area contributed by atoms with Gasteiger partial charge in [-0.1, -0.05) is 80.7 Å². The topological polar surface area (TPSA) is 49.8 Å². The largest absolute Gasteiger partial charge is 0.384 e. The predicted octanol–water partition coefficient (Wildman–Crippen LogP) is 10.8. The van der Waals surface area contributed by atoms with E-state index in [1.54, 1.807) is 5.57 Å². The number of para-hydroxylation sites is 2. The van der Waals surface area contributed by atoms with Crippen LogP contribution in [-0.4, -0.2) is 23.1 Å². The van der Waals surface area contributed by atoms with Crippen molar-refractivity contribution in [1.29, 1.82) is 0 Å². The van der Waals surface area contributed by atoms with Crippen LogP contribution < -0.4 is 10.6 Å². The van der Waals surface area contributed by atoms with E-state index >= 15 is 0 Å². The van der Waals surface area contributed by atoms with Crippen LogP contribution in [0.5, 0.6) is 0 Å². The first-order chi connectivity index (χ1) is 21.3. The summed E-state index contributed by atoms with van der Waals surface area (Å²) in [7, 11) is 0. The molecule has 0 amide bonds. The van der Waals surface area contributed by atoms with E-state index in [0.29, 0.717) is 11.8 Å².